The van der Waals surface area contributed by atoms with Gasteiger partial charge in [-0.05, 0) is 6.92 Å². The Labute approximate surface area is 59.1 Å². The third kappa shape index (κ3) is 5.50. The Kier molecular flexibility index (Phi) is 5.52. The molecule has 0 atom stereocenters. The van der Waals surface area contributed by atoms with Crippen LogP contribution in [0, 0.1) is 11.8 Å². The van der Waals surface area contributed by atoms with Crippen molar-refractivity contribution < 1.29 is 0 Å². The molecule has 0 fully saturated rings. The summed E-state index contributed by atoms with van der Waals surface area (Å²) in [5.41, 5.74) is 0. The fourth-order valence-electron chi connectivity index (χ4n) is 0.648. The molecule has 50 valence electrons. The first-order valence-corrected chi connectivity index (χ1v) is 3.70. The number of rotatable bonds is 3. The van der Waals surface area contributed by atoms with Gasteiger partial charge in [-0.25, -0.2) is 0 Å². The van der Waals surface area contributed by atoms with E-state index in [9.17, 15) is 0 Å². The number of hydrogen-bond acceptors (Lipinski definition) is 0. The van der Waals surface area contributed by atoms with Crippen molar-refractivity contribution in [2.45, 2.75) is 39.7 Å². The molecule has 9 heavy (non-hydrogen) atoms. The molecule has 0 radical (unpaired) electrons. The van der Waals surface area contributed by atoms with Crippen molar-refractivity contribution in [2.24, 2.45) is 0 Å². The Morgan fingerprint density at radius 1 is 1.44 bits per heavy atom. The van der Waals surface area contributed by atoms with Gasteiger partial charge < -0.3 is 0 Å². The molecule has 0 aliphatic heterocycles. The van der Waals surface area contributed by atoms with Crippen LogP contribution in [0.3, 0.4) is 0 Å². The summed E-state index contributed by atoms with van der Waals surface area (Å²) in [6.07, 6.45) is 3.62. The fraction of sp³-hybridized carbons (Fsp3) is 0.750. The Bertz CT molecular complexity index is 107. The Morgan fingerprint density at radius 3 is 2.56 bits per heavy atom. The molecule has 0 aliphatic carbocycles. The lowest BCUT2D eigenvalue weighted by Gasteiger charge is -1.97. The lowest BCUT2D eigenvalue weighted by Crippen LogP contribution is -2.02. The monoisotopic (exact) mass is 122 g/mol. The fourth-order valence-corrected chi connectivity index (χ4v) is 0.648. The molecule has 0 nitrogen and oxygen atoms in total. The molecule has 0 aromatic heterocycles. The van der Waals surface area contributed by atoms with E-state index < -0.39 is 0 Å². The van der Waals surface area contributed by atoms with E-state index in [1.54, 1.807) is 0 Å². The predicted molar refractivity (Wildman–Crippen MR) is 45.0 cm³/mol. The van der Waals surface area contributed by atoms with Crippen LogP contribution in [-0.2, 0) is 0 Å². The van der Waals surface area contributed by atoms with E-state index in [2.05, 4.69) is 25.6 Å². The zero-order valence-electron chi connectivity index (χ0n) is 6.70. The highest BCUT2D eigenvalue weighted by Gasteiger charge is 1.99. The highest BCUT2D eigenvalue weighted by atomic mass is 13.7. The van der Waals surface area contributed by atoms with Gasteiger partial charge in [0.1, 0.15) is 6.71 Å². The van der Waals surface area contributed by atoms with Crippen LogP contribution in [-0.4, -0.2) is 6.71 Å². The van der Waals surface area contributed by atoms with Crippen LogP contribution >= 0.6 is 0 Å². The summed E-state index contributed by atoms with van der Waals surface area (Å²) in [5, 5.41) is 0. The van der Waals surface area contributed by atoms with Gasteiger partial charge in [-0.1, -0.05) is 26.4 Å². The third-order valence-electron chi connectivity index (χ3n) is 1.64. The first-order valence-electron chi connectivity index (χ1n) is 3.70. The minimum atomic E-state index is 0.853. The molecule has 0 aromatic carbocycles. The van der Waals surface area contributed by atoms with Crippen molar-refractivity contribution in [1.82, 2.24) is 0 Å². The van der Waals surface area contributed by atoms with Crippen molar-refractivity contribution >= 4 is 6.71 Å². The van der Waals surface area contributed by atoms with Gasteiger partial charge in [0.15, 0.2) is 0 Å². The normalized spacial score (nSPS) is 7.89. The molecular formula is C8H15B. The Hall–Kier alpha value is -0.375. The lowest BCUT2D eigenvalue weighted by molar-refractivity contribution is 1.20. The molecule has 0 amide bonds. The molecule has 0 rings (SSSR count). The summed E-state index contributed by atoms with van der Waals surface area (Å²) in [7, 11) is 0. The quantitative estimate of drug-likeness (QED) is 0.398. The summed E-state index contributed by atoms with van der Waals surface area (Å²) in [6.45, 7) is 7.25. The summed E-state index contributed by atoms with van der Waals surface area (Å²) >= 11 is 0. The van der Waals surface area contributed by atoms with Gasteiger partial charge in [0.2, 0.25) is 0 Å². The van der Waals surface area contributed by atoms with E-state index in [1.165, 1.54) is 12.6 Å². The lowest BCUT2D eigenvalue weighted by atomic mass is 9.47. The summed E-state index contributed by atoms with van der Waals surface area (Å²) < 4.78 is 0. The summed E-state index contributed by atoms with van der Waals surface area (Å²) in [6, 6.07) is 0. The molecule has 0 aliphatic rings. The van der Waals surface area contributed by atoms with E-state index in [4.69, 9.17) is 0 Å². The van der Waals surface area contributed by atoms with Crippen LogP contribution < -0.4 is 0 Å². The van der Waals surface area contributed by atoms with Gasteiger partial charge in [-0.2, -0.15) is 0 Å². The van der Waals surface area contributed by atoms with Crippen LogP contribution in [0.25, 0.3) is 0 Å². The highest BCUT2D eigenvalue weighted by Crippen LogP contribution is 2.00. The van der Waals surface area contributed by atoms with Crippen LogP contribution in [0.1, 0.15) is 20.3 Å². The van der Waals surface area contributed by atoms with Crippen molar-refractivity contribution in [3.8, 4) is 11.8 Å². The van der Waals surface area contributed by atoms with Crippen molar-refractivity contribution in [3.63, 3.8) is 0 Å². The van der Waals surface area contributed by atoms with E-state index in [0.29, 0.717) is 0 Å². The van der Waals surface area contributed by atoms with Crippen molar-refractivity contribution in [1.29, 1.82) is 0 Å². The molecule has 0 spiro atoms. The van der Waals surface area contributed by atoms with Gasteiger partial charge in [0.25, 0.3) is 0 Å². The Morgan fingerprint density at radius 2 is 2.11 bits per heavy atom. The van der Waals surface area contributed by atoms with Crippen LogP contribution in [0.2, 0.25) is 19.5 Å². The van der Waals surface area contributed by atoms with Crippen LogP contribution in [0.5, 0.6) is 0 Å². The van der Waals surface area contributed by atoms with E-state index in [1.807, 2.05) is 6.92 Å². The first-order chi connectivity index (χ1) is 4.31. The van der Waals surface area contributed by atoms with Crippen LogP contribution in [0.15, 0.2) is 0 Å². The summed E-state index contributed by atoms with van der Waals surface area (Å²) in [4.78, 5) is 0. The molecule has 0 heterocycles. The van der Waals surface area contributed by atoms with Crippen molar-refractivity contribution in [3.05, 3.63) is 0 Å². The molecule has 0 saturated carbocycles. The average Bonchev–Trinajstić information content (AvgIpc) is 1.89. The second-order valence-corrected chi connectivity index (χ2v) is 2.48. The van der Waals surface area contributed by atoms with E-state index in [-0.39, 0.29) is 0 Å². The topological polar surface area (TPSA) is 0 Å². The smallest absolute Gasteiger partial charge is 0.107 e. The van der Waals surface area contributed by atoms with E-state index in [0.717, 1.165) is 13.1 Å². The minimum Gasteiger partial charge on any atom is -0.107 e. The summed E-state index contributed by atoms with van der Waals surface area (Å²) in [5.74, 6) is 5.96. The van der Waals surface area contributed by atoms with Gasteiger partial charge in [-0.3, -0.25) is 0 Å². The zero-order valence-corrected chi connectivity index (χ0v) is 6.70. The SMILES string of the molecule is CC#CCCB(C)CC. The predicted octanol–water partition coefficient (Wildman–Crippen LogP) is 2.54. The average molecular weight is 122 g/mol. The van der Waals surface area contributed by atoms with Gasteiger partial charge in [-0.15, -0.1) is 11.8 Å². The molecule has 0 N–H and O–H groups in total. The maximum atomic E-state index is 3.06. The standard InChI is InChI=1S/C8H15B/c1-4-6-7-8-9(3)5-2/h5,7-8H2,1-3H3. The minimum absolute atomic E-state index is 0.853. The van der Waals surface area contributed by atoms with Gasteiger partial charge in [0, 0.05) is 6.42 Å². The highest BCUT2D eigenvalue weighted by molar-refractivity contribution is 6.57. The maximum absolute atomic E-state index is 3.06. The third-order valence-corrected chi connectivity index (χ3v) is 1.64. The van der Waals surface area contributed by atoms with Gasteiger partial charge >= 0.3 is 0 Å². The molecular weight excluding hydrogens is 107 g/mol. The molecule has 0 unspecified atom stereocenters. The number of hydrogen-bond donors (Lipinski definition) is 0. The maximum Gasteiger partial charge on any atom is 0.137 e. The zero-order chi connectivity index (χ0) is 7.11. The van der Waals surface area contributed by atoms with Crippen molar-refractivity contribution in [2.75, 3.05) is 0 Å². The molecule has 1 heteroatoms. The van der Waals surface area contributed by atoms with Gasteiger partial charge in [0.05, 0.1) is 0 Å². The molecule has 0 bridgehead atoms. The second-order valence-electron chi connectivity index (χ2n) is 2.48. The Balaban J connectivity index is 3.13. The molecule has 0 aromatic rings. The first kappa shape index (κ1) is 8.62. The van der Waals surface area contributed by atoms with E-state index >= 15 is 0 Å². The largest absolute Gasteiger partial charge is 0.137 e. The molecule has 0 saturated heterocycles. The van der Waals surface area contributed by atoms with Crippen LogP contribution in [0.4, 0.5) is 0 Å². The second kappa shape index (κ2) is 5.76.